The van der Waals surface area contributed by atoms with E-state index in [-0.39, 0.29) is 5.41 Å². The Kier molecular flexibility index (Phi) is 13.9. The Labute approximate surface area is 147 Å². The van der Waals surface area contributed by atoms with Crippen molar-refractivity contribution in [1.29, 1.82) is 21.0 Å². The van der Waals surface area contributed by atoms with Gasteiger partial charge in [0.1, 0.15) is 0 Å². The summed E-state index contributed by atoms with van der Waals surface area (Å²) in [5.74, 6) is 0. The maximum Gasteiger partial charge on any atom is 0.0666 e. The minimum Gasteiger partial charge on any atom is -0.198 e. The van der Waals surface area contributed by atoms with Crippen LogP contribution in [0.25, 0.3) is 0 Å². The fraction of sp³-hybridized carbons (Fsp3) is 0.600. The van der Waals surface area contributed by atoms with Gasteiger partial charge in [-0.05, 0) is 19.3 Å². The van der Waals surface area contributed by atoms with E-state index >= 15 is 0 Å². The normalized spacial score (nSPS) is 12.7. The Morgan fingerprint density at radius 2 is 1.21 bits per heavy atom. The second-order valence-electron chi connectivity index (χ2n) is 5.77. The molecule has 128 valence electrons. The molecule has 0 aliphatic carbocycles. The Balaban J connectivity index is 0. The van der Waals surface area contributed by atoms with Gasteiger partial charge in [0, 0.05) is 11.8 Å². The van der Waals surface area contributed by atoms with Gasteiger partial charge in [-0.1, -0.05) is 51.0 Å². The predicted octanol–water partition coefficient (Wildman–Crippen LogP) is 5.72. The third-order valence-corrected chi connectivity index (χ3v) is 4.33. The van der Waals surface area contributed by atoms with Crippen LogP contribution >= 0.6 is 0 Å². The monoisotopic (exact) mass is 324 g/mol. The third kappa shape index (κ3) is 8.78. The van der Waals surface area contributed by atoms with Crippen LogP contribution in [0, 0.1) is 50.7 Å². The molecule has 0 aliphatic heterocycles. The molecule has 0 aromatic heterocycles. The van der Waals surface area contributed by atoms with Crippen molar-refractivity contribution in [3.8, 4) is 24.3 Å². The summed E-state index contributed by atoms with van der Waals surface area (Å²) in [6.45, 7) is 11.9. The molecule has 0 rings (SSSR count). The molecule has 1 atom stereocenters. The third-order valence-electron chi connectivity index (χ3n) is 4.33. The molecule has 0 aliphatic rings. The molecule has 24 heavy (non-hydrogen) atoms. The lowest BCUT2D eigenvalue weighted by Gasteiger charge is -2.26. The summed E-state index contributed by atoms with van der Waals surface area (Å²) < 4.78 is 0. The van der Waals surface area contributed by atoms with Crippen molar-refractivity contribution in [1.82, 2.24) is 0 Å². The molecule has 4 nitrogen and oxygen atoms in total. The minimum absolute atomic E-state index is 0.176. The number of allylic oxidation sites excluding steroid dienone is 3. The lowest BCUT2D eigenvalue weighted by atomic mass is 9.77. The molecule has 0 radical (unpaired) electrons. The summed E-state index contributed by atoms with van der Waals surface area (Å²) in [5, 5.41) is 34.1. The van der Waals surface area contributed by atoms with Gasteiger partial charge in [0.2, 0.25) is 0 Å². The maximum absolute atomic E-state index is 8.58. The summed E-state index contributed by atoms with van der Waals surface area (Å²) >= 11 is 0. The SMILES string of the molecule is C=C(CC#N)C(C)(CC)CC#N.CC/C(CC#N)=C(/CC)CC#N. The Bertz CT molecular complexity index is 561. The van der Waals surface area contributed by atoms with Crippen LogP contribution in [0.15, 0.2) is 23.3 Å². The number of nitriles is 4. The maximum atomic E-state index is 8.58. The van der Waals surface area contributed by atoms with Crippen molar-refractivity contribution in [2.75, 3.05) is 0 Å². The predicted molar refractivity (Wildman–Crippen MR) is 96.1 cm³/mol. The van der Waals surface area contributed by atoms with Crippen LogP contribution in [0.1, 0.15) is 72.6 Å². The van der Waals surface area contributed by atoms with Gasteiger partial charge >= 0.3 is 0 Å². The van der Waals surface area contributed by atoms with Crippen LogP contribution in [-0.4, -0.2) is 0 Å². The van der Waals surface area contributed by atoms with Crippen molar-refractivity contribution in [3.63, 3.8) is 0 Å². The first-order valence-electron chi connectivity index (χ1n) is 8.26. The van der Waals surface area contributed by atoms with E-state index in [1.54, 1.807) is 0 Å². The van der Waals surface area contributed by atoms with Crippen LogP contribution in [0.3, 0.4) is 0 Å². The van der Waals surface area contributed by atoms with Crippen molar-refractivity contribution in [2.45, 2.75) is 72.6 Å². The van der Waals surface area contributed by atoms with Gasteiger partial charge in [0.05, 0.1) is 43.5 Å². The highest BCUT2D eigenvalue weighted by molar-refractivity contribution is 5.20. The first kappa shape index (κ1) is 23.7. The smallest absolute Gasteiger partial charge is 0.0666 e. The van der Waals surface area contributed by atoms with Crippen LogP contribution in [0.4, 0.5) is 0 Å². The van der Waals surface area contributed by atoms with Gasteiger partial charge in [-0.25, -0.2) is 0 Å². The van der Waals surface area contributed by atoms with Crippen molar-refractivity contribution < 1.29 is 0 Å². The lowest BCUT2D eigenvalue weighted by molar-refractivity contribution is 0.387. The van der Waals surface area contributed by atoms with E-state index in [2.05, 4.69) is 30.9 Å². The molecule has 4 heteroatoms. The largest absolute Gasteiger partial charge is 0.198 e. The average molecular weight is 324 g/mol. The first-order chi connectivity index (χ1) is 11.4. The van der Waals surface area contributed by atoms with E-state index in [4.69, 9.17) is 21.0 Å². The number of hydrogen-bond donors (Lipinski definition) is 0. The molecular formula is C20H28N4. The van der Waals surface area contributed by atoms with E-state index in [9.17, 15) is 0 Å². The van der Waals surface area contributed by atoms with Crippen LogP contribution < -0.4 is 0 Å². The van der Waals surface area contributed by atoms with E-state index in [0.717, 1.165) is 36.0 Å². The molecule has 0 amide bonds. The standard InChI is InChI=1S/2C10H14N2/c1-4-10(3,6-8-12)9(2)5-7-11;1-3-9(5-7-11)10(4-2)6-8-12/h2,4-6H2,1,3H3;3-6H2,1-2H3/b;10-9+. The number of rotatable bonds is 8. The Morgan fingerprint density at radius 1 is 0.792 bits per heavy atom. The van der Waals surface area contributed by atoms with Crippen LogP contribution in [0.2, 0.25) is 0 Å². The van der Waals surface area contributed by atoms with Crippen molar-refractivity contribution in [2.24, 2.45) is 5.41 Å². The molecule has 0 saturated heterocycles. The molecule has 1 unspecified atom stereocenters. The summed E-state index contributed by atoms with van der Waals surface area (Å²) in [5.41, 5.74) is 2.97. The molecule has 0 saturated carbocycles. The zero-order chi connectivity index (χ0) is 19.0. The Hall–Kier alpha value is -2.56. The van der Waals surface area contributed by atoms with Gasteiger partial charge in [0.25, 0.3) is 0 Å². The molecule has 0 aromatic carbocycles. The zero-order valence-corrected chi connectivity index (χ0v) is 15.4. The molecule has 0 heterocycles. The number of hydrogen-bond acceptors (Lipinski definition) is 4. The van der Waals surface area contributed by atoms with Gasteiger partial charge in [-0.2, -0.15) is 21.0 Å². The summed E-state index contributed by atoms with van der Waals surface area (Å²) in [6, 6.07) is 8.43. The molecule has 0 aromatic rings. The topological polar surface area (TPSA) is 95.2 Å². The van der Waals surface area contributed by atoms with Crippen molar-refractivity contribution in [3.05, 3.63) is 23.3 Å². The van der Waals surface area contributed by atoms with Crippen LogP contribution in [0.5, 0.6) is 0 Å². The quantitative estimate of drug-likeness (QED) is 0.533. The molecule has 0 N–H and O–H groups in total. The second kappa shape index (κ2) is 14.1. The molecule has 0 fully saturated rings. The number of nitrogens with zero attached hydrogens (tertiary/aromatic N) is 4. The molecular weight excluding hydrogens is 296 g/mol. The van der Waals surface area contributed by atoms with Gasteiger partial charge in [-0.3, -0.25) is 0 Å². The van der Waals surface area contributed by atoms with Gasteiger partial charge in [-0.15, -0.1) is 0 Å². The summed E-state index contributed by atoms with van der Waals surface area (Å²) in [4.78, 5) is 0. The molecule has 0 bridgehead atoms. The highest BCUT2D eigenvalue weighted by Crippen LogP contribution is 2.34. The van der Waals surface area contributed by atoms with Crippen LogP contribution in [-0.2, 0) is 0 Å². The summed E-state index contributed by atoms with van der Waals surface area (Å²) in [7, 11) is 0. The molecule has 0 spiro atoms. The Morgan fingerprint density at radius 3 is 1.46 bits per heavy atom. The lowest BCUT2D eigenvalue weighted by Crippen LogP contribution is -2.16. The zero-order valence-electron chi connectivity index (χ0n) is 15.4. The highest BCUT2D eigenvalue weighted by atomic mass is 14.3. The fourth-order valence-corrected chi connectivity index (χ4v) is 2.17. The van der Waals surface area contributed by atoms with E-state index in [1.807, 2.05) is 27.7 Å². The average Bonchev–Trinajstić information content (AvgIpc) is 2.58. The van der Waals surface area contributed by atoms with Crippen molar-refractivity contribution >= 4 is 0 Å². The minimum atomic E-state index is -0.176. The van der Waals surface area contributed by atoms with E-state index in [0.29, 0.717) is 25.7 Å². The van der Waals surface area contributed by atoms with E-state index < -0.39 is 0 Å². The van der Waals surface area contributed by atoms with Gasteiger partial charge in [0.15, 0.2) is 0 Å². The summed E-state index contributed by atoms with van der Waals surface area (Å²) in [6.07, 6.45) is 4.39. The van der Waals surface area contributed by atoms with Gasteiger partial charge < -0.3 is 0 Å². The fourth-order valence-electron chi connectivity index (χ4n) is 2.17. The first-order valence-corrected chi connectivity index (χ1v) is 8.26. The highest BCUT2D eigenvalue weighted by Gasteiger charge is 2.24. The second-order valence-corrected chi connectivity index (χ2v) is 5.77. The van der Waals surface area contributed by atoms with E-state index in [1.165, 1.54) is 0 Å².